The Morgan fingerprint density at radius 2 is 2.09 bits per heavy atom. The Bertz CT molecular complexity index is 637. The van der Waals surface area contributed by atoms with Crippen molar-refractivity contribution in [1.82, 2.24) is 18.2 Å². The SMILES string of the molecule is CC1c2ncc(COCC3CC3)n2CCN1S(=O)(=O)N(C)C. The maximum Gasteiger partial charge on any atom is 0.282 e. The Labute approximate surface area is 132 Å². The van der Waals surface area contributed by atoms with Crippen molar-refractivity contribution in [1.29, 1.82) is 0 Å². The van der Waals surface area contributed by atoms with Crippen LogP contribution in [0.4, 0.5) is 0 Å². The van der Waals surface area contributed by atoms with Gasteiger partial charge in [0, 0.05) is 33.8 Å². The van der Waals surface area contributed by atoms with Gasteiger partial charge in [0.15, 0.2) is 0 Å². The summed E-state index contributed by atoms with van der Waals surface area (Å²) in [6, 6.07) is -0.265. The van der Waals surface area contributed by atoms with Gasteiger partial charge >= 0.3 is 0 Å². The van der Waals surface area contributed by atoms with Crippen molar-refractivity contribution in [3.05, 3.63) is 17.7 Å². The molecule has 0 N–H and O–H groups in total. The van der Waals surface area contributed by atoms with Crippen LogP contribution < -0.4 is 0 Å². The van der Waals surface area contributed by atoms with Crippen LogP contribution in [-0.2, 0) is 28.1 Å². The zero-order chi connectivity index (χ0) is 15.9. The molecule has 0 amide bonds. The molecule has 1 aliphatic carbocycles. The van der Waals surface area contributed by atoms with Crippen LogP contribution in [0.3, 0.4) is 0 Å². The van der Waals surface area contributed by atoms with Crippen molar-refractivity contribution >= 4 is 10.2 Å². The van der Waals surface area contributed by atoms with Gasteiger partial charge in [-0.2, -0.15) is 17.0 Å². The van der Waals surface area contributed by atoms with Crippen LogP contribution in [0.5, 0.6) is 0 Å². The average Bonchev–Trinajstić information content (AvgIpc) is 3.19. The third kappa shape index (κ3) is 2.92. The van der Waals surface area contributed by atoms with Crippen molar-refractivity contribution in [3.8, 4) is 0 Å². The highest BCUT2D eigenvalue weighted by Crippen LogP contribution is 2.30. The first-order valence-electron chi connectivity index (χ1n) is 7.72. The number of ether oxygens (including phenoxy) is 1. The lowest BCUT2D eigenvalue weighted by molar-refractivity contribution is 0.105. The predicted molar refractivity (Wildman–Crippen MR) is 82.3 cm³/mol. The average molecular weight is 328 g/mol. The molecular formula is C14H24N4O3S. The van der Waals surface area contributed by atoms with Crippen molar-refractivity contribution in [3.63, 3.8) is 0 Å². The zero-order valence-corrected chi connectivity index (χ0v) is 14.2. The van der Waals surface area contributed by atoms with Crippen LogP contribution in [0, 0.1) is 5.92 Å². The fraction of sp³-hybridized carbons (Fsp3) is 0.786. The second-order valence-electron chi connectivity index (χ2n) is 6.29. The normalized spacial score (nSPS) is 23.0. The van der Waals surface area contributed by atoms with Gasteiger partial charge in [0.25, 0.3) is 10.2 Å². The minimum atomic E-state index is -3.42. The number of rotatable bonds is 6. The zero-order valence-electron chi connectivity index (χ0n) is 13.4. The molecule has 2 aliphatic rings. The van der Waals surface area contributed by atoms with Crippen LogP contribution in [0.2, 0.25) is 0 Å². The van der Waals surface area contributed by atoms with E-state index in [9.17, 15) is 8.42 Å². The van der Waals surface area contributed by atoms with Gasteiger partial charge in [-0.05, 0) is 25.7 Å². The minimum absolute atomic E-state index is 0.265. The van der Waals surface area contributed by atoms with Gasteiger partial charge in [-0.25, -0.2) is 4.98 Å². The lowest BCUT2D eigenvalue weighted by Crippen LogP contribution is -2.46. The third-order valence-electron chi connectivity index (χ3n) is 4.38. The quantitative estimate of drug-likeness (QED) is 0.781. The molecule has 124 valence electrons. The van der Waals surface area contributed by atoms with Crippen molar-refractivity contribution in [2.75, 3.05) is 27.2 Å². The summed E-state index contributed by atoms with van der Waals surface area (Å²) in [5.41, 5.74) is 1.03. The number of nitrogens with zero attached hydrogens (tertiary/aromatic N) is 4. The molecular weight excluding hydrogens is 304 g/mol. The Hall–Kier alpha value is -0.960. The van der Waals surface area contributed by atoms with Crippen LogP contribution in [0.15, 0.2) is 6.20 Å². The molecule has 3 rings (SSSR count). The van der Waals surface area contributed by atoms with E-state index < -0.39 is 10.2 Å². The molecule has 0 radical (unpaired) electrons. The summed E-state index contributed by atoms with van der Waals surface area (Å²) >= 11 is 0. The minimum Gasteiger partial charge on any atom is -0.375 e. The van der Waals surface area contributed by atoms with Gasteiger partial charge in [-0.15, -0.1) is 0 Å². The number of aromatic nitrogens is 2. The second kappa shape index (κ2) is 5.92. The van der Waals surface area contributed by atoms with E-state index in [0.29, 0.717) is 19.7 Å². The molecule has 1 fully saturated rings. The highest BCUT2D eigenvalue weighted by Gasteiger charge is 2.36. The first-order chi connectivity index (χ1) is 10.4. The van der Waals surface area contributed by atoms with Gasteiger partial charge in [-0.1, -0.05) is 0 Å². The summed E-state index contributed by atoms with van der Waals surface area (Å²) in [7, 11) is -0.309. The fourth-order valence-electron chi connectivity index (χ4n) is 2.79. The number of hydrogen-bond donors (Lipinski definition) is 0. The molecule has 0 bridgehead atoms. The molecule has 2 heterocycles. The maximum atomic E-state index is 12.4. The summed E-state index contributed by atoms with van der Waals surface area (Å²) in [5, 5.41) is 0. The van der Waals surface area contributed by atoms with E-state index in [1.165, 1.54) is 21.5 Å². The Morgan fingerprint density at radius 1 is 1.36 bits per heavy atom. The molecule has 8 heteroatoms. The summed E-state index contributed by atoms with van der Waals surface area (Å²) in [6.07, 6.45) is 4.36. The van der Waals surface area contributed by atoms with E-state index in [-0.39, 0.29) is 6.04 Å². The molecule has 1 aromatic heterocycles. The summed E-state index contributed by atoms with van der Waals surface area (Å²) in [5.74, 6) is 1.53. The Morgan fingerprint density at radius 3 is 2.73 bits per heavy atom. The third-order valence-corrected chi connectivity index (χ3v) is 6.39. The van der Waals surface area contributed by atoms with Crippen LogP contribution >= 0.6 is 0 Å². The molecule has 1 saturated carbocycles. The topological polar surface area (TPSA) is 67.7 Å². The number of hydrogen-bond acceptors (Lipinski definition) is 4. The first-order valence-corrected chi connectivity index (χ1v) is 9.12. The molecule has 22 heavy (non-hydrogen) atoms. The molecule has 0 saturated heterocycles. The molecule has 0 spiro atoms. The second-order valence-corrected chi connectivity index (χ2v) is 8.39. The van der Waals surface area contributed by atoms with Gasteiger partial charge < -0.3 is 9.30 Å². The van der Waals surface area contributed by atoms with Crippen molar-refractivity contribution in [2.24, 2.45) is 5.92 Å². The Balaban J connectivity index is 1.73. The maximum absolute atomic E-state index is 12.4. The largest absolute Gasteiger partial charge is 0.375 e. The smallest absolute Gasteiger partial charge is 0.282 e. The van der Waals surface area contributed by atoms with E-state index in [1.807, 2.05) is 13.1 Å². The number of fused-ring (bicyclic) bond motifs is 1. The van der Waals surface area contributed by atoms with E-state index >= 15 is 0 Å². The van der Waals surface area contributed by atoms with E-state index in [1.54, 1.807) is 14.1 Å². The van der Waals surface area contributed by atoms with Gasteiger partial charge in [0.05, 0.1) is 24.5 Å². The summed E-state index contributed by atoms with van der Waals surface area (Å²) in [4.78, 5) is 4.43. The standard InChI is InChI=1S/C14H24N4O3S/c1-11-14-15-8-13(10-21-9-12-4-5-12)17(14)6-7-18(11)22(19,20)16(2)3/h8,11-12H,4-7,9-10H2,1-3H3. The molecule has 0 aromatic carbocycles. The van der Waals surface area contributed by atoms with Crippen LogP contribution in [0.25, 0.3) is 0 Å². The predicted octanol–water partition coefficient (Wildman–Crippen LogP) is 0.993. The van der Waals surface area contributed by atoms with Crippen LogP contribution in [0.1, 0.15) is 37.3 Å². The fourth-order valence-corrected chi connectivity index (χ4v) is 4.02. The monoisotopic (exact) mass is 328 g/mol. The lowest BCUT2D eigenvalue weighted by Gasteiger charge is -2.34. The lowest BCUT2D eigenvalue weighted by atomic mass is 10.2. The van der Waals surface area contributed by atoms with E-state index in [2.05, 4.69) is 9.55 Å². The van der Waals surface area contributed by atoms with E-state index in [4.69, 9.17) is 4.74 Å². The Kier molecular flexibility index (Phi) is 4.28. The van der Waals surface area contributed by atoms with Crippen molar-refractivity contribution in [2.45, 2.75) is 39.0 Å². The molecule has 1 aliphatic heterocycles. The van der Waals surface area contributed by atoms with Gasteiger partial charge in [0.1, 0.15) is 5.82 Å². The van der Waals surface area contributed by atoms with Gasteiger partial charge in [0.2, 0.25) is 0 Å². The molecule has 7 nitrogen and oxygen atoms in total. The number of imidazole rings is 1. The van der Waals surface area contributed by atoms with E-state index in [0.717, 1.165) is 24.0 Å². The summed E-state index contributed by atoms with van der Waals surface area (Å²) in [6.45, 7) is 4.33. The first kappa shape index (κ1) is 15.9. The molecule has 1 atom stereocenters. The van der Waals surface area contributed by atoms with Gasteiger partial charge in [-0.3, -0.25) is 0 Å². The highest BCUT2D eigenvalue weighted by molar-refractivity contribution is 7.86. The van der Waals surface area contributed by atoms with Crippen molar-refractivity contribution < 1.29 is 13.2 Å². The van der Waals surface area contributed by atoms with Crippen LogP contribution in [-0.4, -0.2) is 53.8 Å². The molecule has 1 unspecified atom stereocenters. The molecule has 1 aromatic rings. The summed E-state index contributed by atoms with van der Waals surface area (Å²) < 4.78 is 35.3. The highest BCUT2D eigenvalue weighted by atomic mass is 32.2.